The second-order valence-corrected chi connectivity index (χ2v) is 4.50. The van der Waals surface area contributed by atoms with Crippen molar-refractivity contribution >= 4 is 0 Å². The molecule has 1 rings (SSSR count). The maximum atomic E-state index is 12.7. The van der Waals surface area contributed by atoms with E-state index in [2.05, 4.69) is 12.2 Å². The van der Waals surface area contributed by atoms with Crippen molar-refractivity contribution in [2.75, 3.05) is 13.2 Å². The SMILES string of the molecule is CC(C)OCCCNC(C)c1ccc(F)cc1. The average molecular weight is 239 g/mol. The Balaban J connectivity index is 2.21. The second-order valence-electron chi connectivity index (χ2n) is 4.50. The van der Waals surface area contributed by atoms with Crippen LogP contribution in [-0.2, 0) is 4.74 Å². The zero-order chi connectivity index (χ0) is 12.7. The van der Waals surface area contributed by atoms with Gasteiger partial charge < -0.3 is 10.1 Å². The minimum Gasteiger partial charge on any atom is -0.379 e. The zero-order valence-corrected chi connectivity index (χ0v) is 10.9. The molecular formula is C14H22FNO. The largest absolute Gasteiger partial charge is 0.379 e. The third kappa shape index (κ3) is 5.80. The van der Waals surface area contributed by atoms with Crippen molar-refractivity contribution < 1.29 is 9.13 Å². The van der Waals surface area contributed by atoms with Crippen LogP contribution in [0.4, 0.5) is 4.39 Å². The molecule has 1 unspecified atom stereocenters. The normalized spacial score (nSPS) is 13.0. The summed E-state index contributed by atoms with van der Waals surface area (Å²) < 4.78 is 18.2. The van der Waals surface area contributed by atoms with Gasteiger partial charge in [0.1, 0.15) is 5.82 Å². The molecule has 0 saturated carbocycles. The van der Waals surface area contributed by atoms with Crippen LogP contribution in [0.3, 0.4) is 0 Å². The first-order chi connectivity index (χ1) is 8.09. The van der Waals surface area contributed by atoms with Crippen LogP contribution in [-0.4, -0.2) is 19.3 Å². The molecular weight excluding hydrogens is 217 g/mol. The van der Waals surface area contributed by atoms with Crippen molar-refractivity contribution in [2.24, 2.45) is 0 Å². The quantitative estimate of drug-likeness (QED) is 0.737. The van der Waals surface area contributed by atoms with Crippen LogP contribution in [0, 0.1) is 5.82 Å². The van der Waals surface area contributed by atoms with Crippen molar-refractivity contribution in [1.82, 2.24) is 5.32 Å². The second kappa shape index (κ2) is 7.41. The lowest BCUT2D eigenvalue weighted by molar-refractivity contribution is 0.0768. The van der Waals surface area contributed by atoms with Gasteiger partial charge in [0.15, 0.2) is 0 Å². The molecule has 96 valence electrons. The van der Waals surface area contributed by atoms with Gasteiger partial charge in [-0.25, -0.2) is 4.39 Å². The summed E-state index contributed by atoms with van der Waals surface area (Å²) in [6, 6.07) is 6.87. The fourth-order valence-corrected chi connectivity index (χ4v) is 1.58. The molecule has 1 aromatic rings. The van der Waals surface area contributed by atoms with Crippen molar-refractivity contribution in [1.29, 1.82) is 0 Å². The third-order valence-corrected chi connectivity index (χ3v) is 2.59. The lowest BCUT2D eigenvalue weighted by Gasteiger charge is -2.14. The van der Waals surface area contributed by atoms with Crippen LogP contribution in [0.25, 0.3) is 0 Å². The van der Waals surface area contributed by atoms with E-state index in [9.17, 15) is 4.39 Å². The van der Waals surface area contributed by atoms with Crippen LogP contribution in [0.2, 0.25) is 0 Å². The first-order valence-corrected chi connectivity index (χ1v) is 6.20. The fraction of sp³-hybridized carbons (Fsp3) is 0.571. The lowest BCUT2D eigenvalue weighted by atomic mass is 10.1. The van der Waals surface area contributed by atoms with Gasteiger partial charge in [-0.3, -0.25) is 0 Å². The summed E-state index contributed by atoms with van der Waals surface area (Å²) in [5, 5.41) is 3.39. The summed E-state index contributed by atoms with van der Waals surface area (Å²) in [5.41, 5.74) is 1.11. The molecule has 0 bridgehead atoms. The van der Waals surface area contributed by atoms with Crippen LogP contribution < -0.4 is 5.32 Å². The summed E-state index contributed by atoms with van der Waals surface area (Å²) in [6.07, 6.45) is 1.29. The average Bonchev–Trinajstić information content (AvgIpc) is 2.29. The molecule has 0 aliphatic rings. The Morgan fingerprint density at radius 3 is 2.41 bits per heavy atom. The minimum absolute atomic E-state index is 0.189. The van der Waals surface area contributed by atoms with E-state index < -0.39 is 0 Å². The Bertz CT molecular complexity index is 311. The van der Waals surface area contributed by atoms with E-state index in [4.69, 9.17) is 4.74 Å². The predicted molar refractivity (Wildman–Crippen MR) is 68.5 cm³/mol. The van der Waals surface area contributed by atoms with Crippen LogP contribution >= 0.6 is 0 Å². The number of hydrogen-bond donors (Lipinski definition) is 1. The topological polar surface area (TPSA) is 21.3 Å². The van der Waals surface area contributed by atoms with E-state index in [0.29, 0.717) is 6.10 Å². The molecule has 1 atom stereocenters. The van der Waals surface area contributed by atoms with E-state index in [1.807, 2.05) is 26.0 Å². The monoisotopic (exact) mass is 239 g/mol. The molecule has 3 heteroatoms. The molecule has 2 nitrogen and oxygen atoms in total. The maximum absolute atomic E-state index is 12.7. The molecule has 1 N–H and O–H groups in total. The van der Waals surface area contributed by atoms with E-state index in [0.717, 1.165) is 25.1 Å². The Labute approximate surface area is 103 Å². The van der Waals surface area contributed by atoms with Gasteiger partial charge >= 0.3 is 0 Å². The summed E-state index contributed by atoms with van der Waals surface area (Å²) >= 11 is 0. The van der Waals surface area contributed by atoms with Gasteiger partial charge in [0, 0.05) is 12.6 Å². The van der Waals surface area contributed by atoms with Gasteiger partial charge in [0.2, 0.25) is 0 Å². The van der Waals surface area contributed by atoms with E-state index >= 15 is 0 Å². The van der Waals surface area contributed by atoms with Crippen molar-refractivity contribution in [3.8, 4) is 0 Å². The standard InChI is InChI=1S/C14H22FNO/c1-11(2)17-10-4-9-16-12(3)13-5-7-14(15)8-6-13/h5-8,11-12,16H,4,9-10H2,1-3H3. The van der Waals surface area contributed by atoms with E-state index in [1.54, 1.807) is 0 Å². The van der Waals surface area contributed by atoms with Gasteiger partial charge in [-0.2, -0.15) is 0 Å². The molecule has 0 amide bonds. The number of ether oxygens (including phenoxy) is 1. The van der Waals surface area contributed by atoms with E-state index in [-0.39, 0.29) is 11.9 Å². The Morgan fingerprint density at radius 2 is 1.82 bits per heavy atom. The molecule has 0 aliphatic heterocycles. The smallest absolute Gasteiger partial charge is 0.123 e. The molecule has 0 aromatic heterocycles. The number of halogens is 1. The highest BCUT2D eigenvalue weighted by Gasteiger charge is 2.04. The van der Waals surface area contributed by atoms with Crippen LogP contribution in [0.15, 0.2) is 24.3 Å². The molecule has 0 heterocycles. The number of hydrogen-bond acceptors (Lipinski definition) is 2. The van der Waals surface area contributed by atoms with E-state index in [1.165, 1.54) is 12.1 Å². The molecule has 0 saturated heterocycles. The molecule has 0 fully saturated rings. The fourth-order valence-electron chi connectivity index (χ4n) is 1.58. The van der Waals surface area contributed by atoms with Crippen LogP contribution in [0.5, 0.6) is 0 Å². The summed E-state index contributed by atoms with van der Waals surface area (Å²) in [7, 11) is 0. The Hall–Kier alpha value is -0.930. The highest BCUT2D eigenvalue weighted by Crippen LogP contribution is 2.12. The Morgan fingerprint density at radius 1 is 1.18 bits per heavy atom. The Kier molecular flexibility index (Phi) is 6.16. The molecule has 1 aromatic carbocycles. The predicted octanol–water partition coefficient (Wildman–Crippen LogP) is 3.29. The van der Waals surface area contributed by atoms with Gasteiger partial charge in [-0.05, 0) is 51.4 Å². The molecule has 17 heavy (non-hydrogen) atoms. The van der Waals surface area contributed by atoms with Crippen molar-refractivity contribution in [3.63, 3.8) is 0 Å². The van der Waals surface area contributed by atoms with Gasteiger partial charge in [-0.1, -0.05) is 12.1 Å². The summed E-state index contributed by atoms with van der Waals surface area (Å²) in [6.45, 7) is 7.84. The number of rotatable bonds is 7. The number of benzene rings is 1. The highest BCUT2D eigenvalue weighted by molar-refractivity contribution is 5.19. The molecule has 0 aliphatic carbocycles. The lowest BCUT2D eigenvalue weighted by Crippen LogP contribution is -2.21. The summed E-state index contributed by atoms with van der Waals surface area (Å²) in [4.78, 5) is 0. The third-order valence-electron chi connectivity index (χ3n) is 2.59. The highest BCUT2D eigenvalue weighted by atomic mass is 19.1. The maximum Gasteiger partial charge on any atom is 0.123 e. The molecule has 0 radical (unpaired) electrons. The summed E-state index contributed by atoms with van der Waals surface area (Å²) in [5.74, 6) is -0.189. The van der Waals surface area contributed by atoms with Gasteiger partial charge in [0.05, 0.1) is 6.10 Å². The minimum atomic E-state index is -0.189. The first kappa shape index (κ1) is 14.1. The van der Waals surface area contributed by atoms with Crippen molar-refractivity contribution in [2.45, 2.75) is 39.3 Å². The van der Waals surface area contributed by atoms with Gasteiger partial charge in [0.25, 0.3) is 0 Å². The number of nitrogens with one attached hydrogen (secondary N) is 1. The molecule has 0 spiro atoms. The van der Waals surface area contributed by atoms with Crippen molar-refractivity contribution in [3.05, 3.63) is 35.6 Å². The van der Waals surface area contributed by atoms with Gasteiger partial charge in [-0.15, -0.1) is 0 Å². The first-order valence-electron chi connectivity index (χ1n) is 6.20. The van der Waals surface area contributed by atoms with Crippen LogP contribution in [0.1, 0.15) is 38.8 Å². The zero-order valence-electron chi connectivity index (χ0n) is 10.9.